The van der Waals surface area contributed by atoms with Gasteiger partial charge in [-0.25, -0.2) is 9.59 Å². The van der Waals surface area contributed by atoms with Crippen molar-refractivity contribution in [2.45, 2.75) is 51.0 Å². The van der Waals surface area contributed by atoms with Gasteiger partial charge < -0.3 is 20.8 Å². The van der Waals surface area contributed by atoms with Gasteiger partial charge in [-0.15, -0.1) is 0 Å². The lowest BCUT2D eigenvalue weighted by Crippen LogP contribution is -2.38. The molecule has 0 bridgehead atoms. The molecule has 1 atom stereocenters. The summed E-state index contributed by atoms with van der Waals surface area (Å²) in [7, 11) is 0. The number of nitrogens with one attached hydrogen (secondary N) is 2. The van der Waals surface area contributed by atoms with Crippen LogP contribution in [0.1, 0.15) is 44.9 Å². The first-order valence-corrected chi connectivity index (χ1v) is 7.02. The van der Waals surface area contributed by atoms with Crippen molar-refractivity contribution >= 4 is 12.0 Å². The molecule has 0 saturated heterocycles. The van der Waals surface area contributed by atoms with Crippen LogP contribution in [0, 0.1) is 5.92 Å². The highest BCUT2D eigenvalue weighted by Gasteiger charge is 2.14. The van der Waals surface area contributed by atoms with Gasteiger partial charge in [-0.1, -0.05) is 25.7 Å². The average Bonchev–Trinajstić information content (AvgIpc) is 2.87. The van der Waals surface area contributed by atoms with Crippen LogP contribution in [0.4, 0.5) is 4.79 Å². The van der Waals surface area contributed by atoms with Gasteiger partial charge in [-0.2, -0.15) is 0 Å². The number of carboxylic acids is 1. The van der Waals surface area contributed by atoms with E-state index in [2.05, 4.69) is 10.6 Å². The minimum absolute atomic E-state index is 0.0187. The van der Waals surface area contributed by atoms with Crippen LogP contribution >= 0.6 is 0 Å². The Hall–Kier alpha value is -1.30. The second kappa shape index (κ2) is 8.74. The van der Waals surface area contributed by atoms with Gasteiger partial charge in [0.05, 0.1) is 0 Å². The lowest BCUT2D eigenvalue weighted by molar-refractivity contribution is -0.146. The van der Waals surface area contributed by atoms with Crippen molar-refractivity contribution in [1.29, 1.82) is 0 Å². The number of aliphatic hydroxyl groups is 1. The van der Waals surface area contributed by atoms with E-state index < -0.39 is 12.1 Å². The minimum atomic E-state index is -1.41. The number of amides is 2. The zero-order chi connectivity index (χ0) is 14.1. The van der Waals surface area contributed by atoms with Gasteiger partial charge in [0.25, 0.3) is 0 Å². The van der Waals surface area contributed by atoms with Crippen molar-refractivity contribution < 1.29 is 19.8 Å². The molecule has 1 aliphatic rings. The fraction of sp³-hybridized carbons (Fsp3) is 0.846. The maximum Gasteiger partial charge on any atom is 0.332 e. The molecular weight excluding hydrogens is 248 g/mol. The lowest BCUT2D eigenvalue weighted by atomic mass is 10.0. The molecule has 19 heavy (non-hydrogen) atoms. The Bertz CT molecular complexity index is 290. The molecule has 2 amide bonds. The van der Waals surface area contributed by atoms with Crippen LogP contribution in [-0.4, -0.2) is 41.4 Å². The molecule has 1 saturated carbocycles. The van der Waals surface area contributed by atoms with E-state index in [1.165, 1.54) is 25.7 Å². The van der Waals surface area contributed by atoms with Crippen LogP contribution in [0.5, 0.6) is 0 Å². The molecule has 6 heteroatoms. The number of carboxylic acid groups (broad SMARTS) is 1. The SMILES string of the molecule is O=C(NCCCC1CCCC1)NCC[C@H](O)C(=O)O. The van der Waals surface area contributed by atoms with E-state index in [4.69, 9.17) is 10.2 Å². The largest absolute Gasteiger partial charge is 0.479 e. The van der Waals surface area contributed by atoms with Gasteiger partial charge in [-0.05, 0) is 18.8 Å². The summed E-state index contributed by atoms with van der Waals surface area (Å²) in [5.41, 5.74) is 0. The smallest absolute Gasteiger partial charge is 0.332 e. The van der Waals surface area contributed by atoms with Crippen molar-refractivity contribution in [2.24, 2.45) is 5.92 Å². The van der Waals surface area contributed by atoms with Gasteiger partial charge in [0.1, 0.15) is 0 Å². The summed E-state index contributed by atoms with van der Waals surface area (Å²) in [4.78, 5) is 21.7. The quantitative estimate of drug-likeness (QED) is 0.497. The van der Waals surface area contributed by atoms with Crippen LogP contribution in [0.15, 0.2) is 0 Å². The molecule has 0 spiro atoms. The van der Waals surface area contributed by atoms with Crippen molar-refractivity contribution in [1.82, 2.24) is 10.6 Å². The second-order valence-corrected chi connectivity index (χ2v) is 5.12. The predicted molar refractivity (Wildman–Crippen MR) is 70.9 cm³/mol. The van der Waals surface area contributed by atoms with Crippen LogP contribution in [0.2, 0.25) is 0 Å². The third-order valence-corrected chi connectivity index (χ3v) is 3.54. The van der Waals surface area contributed by atoms with E-state index >= 15 is 0 Å². The summed E-state index contributed by atoms with van der Waals surface area (Å²) in [5.74, 6) is -0.436. The summed E-state index contributed by atoms with van der Waals surface area (Å²) < 4.78 is 0. The Morgan fingerprint density at radius 1 is 1.16 bits per heavy atom. The summed E-state index contributed by atoms with van der Waals surface area (Å²) in [6, 6.07) is -0.302. The van der Waals surface area contributed by atoms with Crippen molar-refractivity contribution in [3.63, 3.8) is 0 Å². The van der Waals surface area contributed by atoms with Gasteiger partial charge in [-0.3, -0.25) is 0 Å². The Morgan fingerprint density at radius 3 is 2.42 bits per heavy atom. The van der Waals surface area contributed by atoms with Gasteiger partial charge in [0.2, 0.25) is 0 Å². The number of carbonyl (C=O) groups excluding carboxylic acids is 1. The molecule has 110 valence electrons. The first-order valence-electron chi connectivity index (χ1n) is 7.02. The number of urea groups is 1. The van der Waals surface area contributed by atoms with E-state index in [0.29, 0.717) is 6.54 Å². The predicted octanol–water partition coefficient (Wildman–Crippen LogP) is 1.09. The fourth-order valence-corrected chi connectivity index (χ4v) is 2.40. The Morgan fingerprint density at radius 2 is 1.79 bits per heavy atom. The topological polar surface area (TPSA) is 98.7 Å². The van der Waals surface area contributed by atoms with Crippen LogP contribution < -0.4 is 10.6 Å². The van der Waals surface area contributed by atoms with Crippen LogP contribution in [0.25, 0.3) is 0 Å². The van der Waals surface area contributed by atoms with E-state index in [0.717, 1.165) is 18.8 Å². The molecule has 0 aromatic rings. The number of rotatable bonds is 8. The van der Waals surface area contributed by atoms with E-state index in [1.807, 2.05) is 0 Å². The van der Waals surface area contributed by atoms with Gasteiger partial charge >= 0.3 is 12.0 Å². The molecule has 0 aliphatic heterocycles. The maximum absolute atomic E-state index is 11.3. The Kier molecular flexibility index (Phi) is 7.25. The second-order valence-electron chi connectivity index (χ2n) is 5.12. The molecule has 0 aromatic carbocycles. The molecule has 0 radical (unpaired) electrons. The molecule has 0 unspecified atom stereocenters. The molecule has 6 nitrogen and oxygen atoms in total. The fourth-order valence-electron chi connectivity index (χ4n) is 2.40. The zero-order valence-corrected chi connectivity index (χ0v) is 11.2. The first-order chi connectivity index (χ1) is 9.09. The number of hydrogen-bond donors (Lipinski definition) is 4. The van der Waals surface area contributed by atoms with Gasteiger partial charge in [0, 0.05) is 19.5 Å². The molecule has 1 fully saturated rings. The number of aliphatic hydroxyl groups excluding tert-OH is 1. The molecule has 1 aliphatic carbocycles. The molecular formula is C13H24N2O4. The Balaban J connectivity index is 1.94. The third kappa shape index (κ3) is 7.00. The highest BCUT2D eigenvalue weighted by Crippen LogP contribution is 2.28. The van der Waals surface area contributed by atoms with Crippen LogP contribution in [0.3, 0.4) is 0 Å². The molecule has 4 N–H and O–H groups in total. The summed E-state index contributed by atoms with van der Waals surface area (Å²) in [5, 5.41) is 22.7. The number of hydrogen-bond acceptors (Lipinski definition) is 3. The van der Waals surface area contributed by atoms with Crippen molar-refractivity contribution in [2.75, 3.05) is 13.1 Å². The normalized spacial score (nSPS) is 17.1. The highest BCUT2D eigenvalue weighted by molar-refractivity contribution is 5.74. The highest BCUT2D eigenvalue weighted by atomic mass is 16.4. The van der Waals surface area contributed by atoms with Crippen LogP contribution in [-0.2, 0) is 4.79 Å². The monoisotopic (exact) mass is 272 g/mol. The van der Waals surface area contributed by atoms with Crippen molar-refractivity contribution in [3.05, 3.63) is 0 Å². The van der Waals surface area contributed by atoms with E-state index in [-0.39, 0.29) is 19.0 Å². The number of aliphatic carboxylic acids is 1. The van der Waals surface area contributed by atoms with Gasteiger partial charge in [0.15, 0.2) is 6.10 Å². The standard InChI is InChI=1S/C13H24N2O4/c16-11(12(17)18)7-9-15-13(19)14-8-3-6-10-4-1-2-5-10/h10-11,16H,1-9H2,(H,17,18)(H2,14,15,19)/t11-/m0/s1. The third-order valence-electron chi connectivity index (χ3n) is 3.54. The Labute approximate surface area is 113 Å². The lowest BCUT2D eigenvalue weighted by Gasteiger charge is -2.10. The summed E-state index contributed by atoms with van der Waals surface area (Å²) >= 11 is 0. The molecule has 0 heterocycles. The first kappa shape index (κ1) is 15.8. The summed E-state index contributed by atoms with van der Waals surface area (Å²) in [6.45, 7) is 0.797. The zero-order valence-electron chi connectivity index (χ0n) is 11.2. The molecule has 1 rings (SSSR count). The van der Waals surface area contributed by atoms with E-state index in [1.54, 1.807) is 0 Å². The van der Waals surface area contributed by atoms with E-state index in [9.17, 15) is 9.59 Å². The molecule has 0 aromatic heterocycles. The average molecular weight is 272 g/mol. The maximum atomic E-state index is 11.3. The number of carbonyl (C=O) groups is 2. The summed E-state index contributed by atoms with van der Waals surface area (Å²) in [6.07, 6.45) is 6.06. The minimum Gasteiger partial charge on any atom is -0.479 e. The van der Waals surface area contributed by atoms with Crippen molar-refractivity contribution in [3.8, 4) is 0 Å².